The monoisotopic (exact) mass is 382 g/mol. The number of benzene rings is 2. The summed E-state index contributed by atoms with van der Waals surface area (Å²) in [4.78, 5) is 12.4. The first-order chi connectivity index (χ1) is 13.3. The first kappa shape index (κ1) is 21.3. The van der Waals surface area contributed by atoms with Crippen molar-refractivity contribution in [2.75, 3.05) is 18.1 Å². The van der Waals surface area contributed by atoms with E-state index in [0.29, 0.717) is 11.1 Å². The fourth-order valence-electron chi connectivity index (χ4n) is 2.76. The molecular weight excluding hydrogens is 352 g/mol. The Morgan fingerprint density at radius 1 is 0.852 bits per heavy atom. The third-order valence-electron chi connectivity index (χ3n) is 4.30. The maximum atomic E-state index is 12.4. The van der Waals surface area contributed by atoms with Gasteiger partial charge in [-0.3, -0.25) is 4.79 Å². The maximum Gasteiger partial charge on any atom is 0.193 e. The summed E-state index contributed by atoms with van der Waals surface area (Å²) in [5.41, 5.74) is 1.40. The Morgan fingerprint density at radius 3 is 2.26 bits per heavy atom. The van der Waals surface area contributed by atoms with Crippen molar-refractivity contribution in [3.05, 3.63) is 78.4 Å². The Hall–Kier alpha value is -2.00. The van der Waals surface area contributed by atoms with Crippen LogP contribution in [0.4, 0.5) is 0 Å². The molecule has 0 radical (unpaired) electrons. The first-order valence-corrected chi connectivity index (χ1v) is 11.0. The number of hydrogen-bond donors (Lipinski definition) is 0. The summed E-state index contributed by atoms with van der Waals surface area (Å²) >= 11 is 2.01. The van der Waals surface area contributed by atoms with E-state index in [1.54, 1.807) is 0 Å². The quantitative estimate of drug-likeness (QED) is 0.210. The molecule has 0 spiro atoms. The number of thioether (sulfide) groups is 1. The number of rotatable bonds is 14. The van der Waals surface area contributed by atoms with Gasteiger partial charge in [0.05, 0.1) is 6.61 Å². The van der Waals surface area contributed by atoms with Crippen molar-refractivity contribution in [2.24, 2.45) is 0 Å². The average Bonchev–Trinajstić information content (AvgIpc) is 2.72. The molecule has 0 saturated carbocycles. The molecule has 0 heterocycles. The van der Waals surface area contributed by atoms with Crippen LogP contribution in [0.1, 0.15) is 54.4 Å². The Kier molecular flexibility index (Phi) is 10.4. The highest BCUT2D eigenvalue weighted by Gasteiger charge is 2.08. The Labute approximate surface area is 168 Å². The lowest BCUT2D eigenvalue weighted by Crippen LogP contribution is -2.02. The molecule has 0 fully saturated rings. The lowest BCUT2D eigenvalue weighted by atomic mass is 10.0. The van der Waals surface area contributed by atoms with E-state index >= 15 is 0 Å². The molecule has 3 heteroatoms. The minimum absolute atomic E-state index is 0.0445. The van der Waals surface area contributed by atoms with Crippen molar-refractivity contribution in [1.82, 2.24) is 0 Å². The second-order valence-corrected chi connectivity index (χ2v) is 7.75. The fourth-order valence-corrected chi connectivity index (χ4v) is 3.69. The Bertz CT molecular complexity index is 665. The number of hydrogen-bond acceptors (Lipinski definition) is 3. The van der Waals surface area contributed by atoms with Crippen LogP contribution in [0, 0.1) is 0 Å². The van der Waals surface area contributed by atoms with Crippen molar-refractivity contribution >= 4 is 17.5 Å². The van der Waals surface area contributed by atoms with Gasteiger partial charge in [-0.15, -0.1) is 6.58 Å². The summed E-state index contributed by atoms with van der Waals surface area (Å²) in [6.07, 6.45) is 9.42. The van der Waals surface area contributed by atoms with Crippen molar-refractivity contribution < 1.29 is 9.53 Å². The fraction of sp³-hybridized carbons (Fsp3) is 0.375. The summed E-state index contributed by atoms with van der Waals surface area (Å²) in [7, 11) is 0. The molecule has 0 atom stereocenters. The molecule has 144 valence electrons. The molecule has 27 heavy (non-hydrogen) atoms. The minimum Gasteiger partial charge on any atom is -0.494 e. The molecule has 2 rings (SSSR count). The van der Waals surface area contributed by atoms with E-state index in [-0.39, 0.29) is 5.78 Å². The second kappa shape index (κ2) is 13.2. The van der Waals surface area contributed by atoms with E-state index in [4.69, 9.17) is 4.74 Å². The third kappa shape index (κ3) is 8.49. The van der Waals surface area contributed by atoms with Gasteiger partial charge in [0.15, 0.2) is 5.78 Å². The summed E-state index contributed by atoms with van der Waals surface area (Å²) in [6.45, 7) is 4.47. The largest absolute Gasteiger partial charge is 0.494 e. The summed E-state index contributed by atoms with van der Waals surface area (Å²) in [6, 6.07) is 16.8. The average molecular weight is 383 g/mol. The predicted molar refractivity (Wildman–Crippen MR) is 117 cm³/mol. The molecule has 0 aromatic heterocycles. The summed E-state index contributed by atoms with van der Waals surface area (Å²) in [5.74, 6) is 3.25. The SMILES string of the molecule is C=CCCCCCCSCCCOc1ccc(C(=O)c2ccccc2)cc1. The van der Waals surface area contributed by atoms with Crippen molar-refractivity contribution in [3.8, 4) is 5.75 Å². The van der Waals surface area contributed by atoms with Crippen molar-refractivity contribution in [3.63, 3.8) is 0 Å². The van der Waals surface area contributed by atoms with Gasteiger partial charge in [0, 0.05) is 11.1 Å². The Balaban J connectivity index is 1.57. The lowest BCUT2D eigenvalue weighted by Gasteiger charge is -2.07. The molecule has 2 aromatic carbocycles. The van der Waals surface area contributed by atoms with Crippen molar-refractivity contribution in [1.29, 1.82) is 0 Å². The maximum absolute atomic E-state index is 12.4. The van der Waals surface area contributed by atoms with Crippen LogP contribution in [0.2, 0.25) is 0 Å². The molecule has 0 saturated heterocycles. The van der Waals surface area contributed by atoms with Gasteiger partial charge in [-0.25, -0.2) is 0 Å². The van der Waals surface area contributed by atoms with Gasteiger partial charge in [0.25, 0.3) is 0 Å². The highest BCUT2D eigenvalue weighted by molar-refractivity contribution is 7.99. The molecule has 0 aliphatic rings. The first-order valence-electron chi connectivity index (χ1n) is 9.82. The second-order valence-electron chi connectivity index (χ2n) is 6.53. The molecular formula is C24H30O2S. The summed E-state index contributed by atoms with van der Waals surface area (Å²) < 4.78 is 5.78. The number of carbonyl (C=O) groups excluding carboxylic acids is 1. The molecule has 0 amide bonds. The molecule has 0 bridgehead atoms. The van der Waals surface area contributed by atoms with E-state index in [1.807, 2.05) is 72.4 Å². The zero-order chi connectivity index (χ0) is 19.2. The lowest BCUT2D eigenvalue weighted by molar-refractivity contribution is 0.103. The van der Waals surface area contributed by atoms with Crippen LogP contribution in [-0.4, -0.2) is 23.9 Å². The van der Waals surface area contributed by atoms with Gasteiger partial charge in [0.2, 0.25) is 0 Å². The van der Waals surface area contributed by atoms with E-state index in [0.717, 1.165) is 31.0 Å². The molecule has 0 aliphatic carbocycles. The van der Waals surface area contributed by atoms with E-state index in [9.17, 15) is 4.79 Å². The predicted octanol–water partition coefficient (Wildman–Crippen LogP) is 6.56. The van der Waals surface area contributed by atoms with Crippen molar-refractivity contribution in [2.45, 2.75) is 38.5 Å². The molecule has 0 N–H and O–H groups in total. The number of unbranched alkanes of at least 4 members (excludes halogenated alkanes) is 4. The zero-order valence-electron chi connectivity index (χ0n) is 16.1. The topological polar surface area (TPSA) is 26.3 Å². The van der Waals surface area contributed by atoms with Crippen LogP contribution in [0.5, 0.6) is 5.75 Å². The van der Waals surface area contributed by atoms with Gasteiger partial charge in [-0.1, -0.05) is 49.2 Å². The van der Waals surface area contributed by atoms with Crippen LogP contribution in [0.15, 0.2) is 67.3 Å². The minimum atomic E-state index is 0.0445. The number of allylic oxidation sites excluding steroid dienone is 1. The zero-order valence-corrected chi connectivity index (χ0v) is 16.9. The van der Waals surface area contributed by atoms with Gasteiger partial charge in [0.1, 0.15) is 5.75 Å². The third-order valence-corrected chi connectivity index (χ3v) is 5.46. The molecule has 2 aromatic rings. The van der Waals surface area contributed by atoms with Crippen LogP contribution >= 0.6 is 11.8 Å². The van der Waals surface area contributed by atoms with E-state index in [2.05, 4.69) is 6.58 Å². The molecule has 0 unspecified atom stereocenters. The highest BCUT2D eigenvalue weighted by atomic mass is 32.2. The number of ketones is 1. The van der Waals surface area contributed by atoms with Crippen LogP contribution < -0.4 is 4.74 Å². The van der Waals surface area contributed by atoms with Gasteiger partial charge in [-0.05, 0) is 61.5 Å². The number of ether oxygens (including phenoxy) is 1. The van der Waals surface area contributed by atoms with E-state index < -0.39 is 0 Å². The van der Waals surface area contributed by atoms with E-state index in [1.165, 1.54) is 31.4 Å². The highest BCUT2D eigenvalue weighted by Crippen LogP contribution is 2.16. The normalized spacial score (nSPS) is 10.5. The van der Waals surface area contributed by atoms with Gasteiger partial charge < -0.3 is 4.74 Å². The Morgan fingerprint density at radius 2 is 1.52 bits per heavy atom. The van der Waals surface area contributed by atoms with Crippen LogP contribution in [-0.2, 0) is 0 Å². The van der Waals surface area contributed by atoms with Crippen LogP contribution in [0.25, 0.3) is 0 Å². The van der Waals surface area contributed by atoms with Crippen LogP contribution in [0.3, 0.4) is 0 Å². The number of carbonyl (C=O) groups is 1. The molecule has 2 nitrogen and oxygen atoms in total. The molecule has 0 aliphatic heterocycles. The summed E-state index contributed by atoms with van der Waals surface area (Å²) in [5, 5.41) is 0. The standard InChI is InChI=1S/C24H30O2S/c1-2-3-4-5-6-10-19-27-20-11-18-26-23-16-14-22(15-17-23)24(25)21-12-8-7-9-13-21/h2,7-9,12-17H,1,3-6,10-11,18-20H2. The smallest absolute Gasteiger partial charge is 0.193 e. The van der Waals surface area contributed by atoms with Gasteiger partial charge >= 0.3 is 0 Å². The van der Waals surface area contributed by atoms with Gasteiger partial charge in [-0.2, -0.15) is 11.8 Å².